The summed E-state index contributed by atoms with van der Waals surface area (Å²) in [5.74, 6) is -0.217. The molecule has 0 bridgehead atoms. The average Bonchev–Trinajstić information content (AvgIpc) is 2.28. The van der Waals surface area contributed by atoms with Crippen molar-refractivity contribution < 1.29 is 14.6 Å². The molecule has 1 atom stereocenters. The van der Waals surface area contributed by atoms with Gasteiger partial charge in [0.25, 0.3) is 0 Å². The molecule has 0 aromatic carbocycles. The number of aromatic nitrogens is 2. The number of aliphatic carboxylic acids is 1. The molecule has 1 fully saturated rings. The Bertz CT molecular complexity index is 416. The molecule has 2 heterocycles. The van der Waals surface area contributed by atoms with Gasteiger partial charge in [0, 0.05) is 13.1 Å². The summed E-state index contributed by atoms with van der Waals surface area (Å²) in [6, 6.07) is 0. The molecule has 0 amide bonds. The summed E-state index contributed by atoms with van der Waals surface area (Å²) in [6.45, 7) is 1.62. The molecule has 1 N–H and O–H groups in total. The highest BCUT2D eigenvalue weighted by molar-refractivity contribution is 6.29. The minimum absolute atomic E-state index is 0.00943. The number of carboxylic acids is 1. The fourth-order valence-corrected chi connectivity index (χ4v) is 1.87. The van der Waals surface area contributed by atoms with Crippen LogP contribution in [0.1, 0.15) is 6.42 Å². The Balaban J connectivity index is 2.04. The first-order valence-electron chi connectivity index (χ1n) is 5.21. The summed E-state index contributed by atoms with van der Waals surface area (Å²) < 4.78 is 5.37. The molecule has 0 saturated carbocycles. The van der Waals surface area contributed by atoms with Crippen molar-refractivity contribution >= 4 is 23.4 Å². The first-order chi connectivity index (χ1) is 8.15. The third-order valence-electron chi connectivity index (χ3n) is 2.46. The fourth-order valence-electron chi connectivity index (χ4n) is 1.73. The zero-order chi connectivity index (χ0) is 12.3. The summed E-state index contributed by atoms with van der Waals surface area (Å²) >= 11 is 5.76. The van der Waals surface area contributed by atoms with Crippen molar-refractivity contribution in [1.29, 1.82) is 0 Å². The van der Waals surface area contributed by atoms with Crippen molar-refractivity contribution in [2.24, 2.45) is 0 Å². The van der Waals surface area contributed by atoms with Gasteiger partial charge in [-0.05, 0) is 0 Å². The van der Waals surface area contributed by atoms with E-state index in [9.17, 15) is 4.79 Å². The zero-order valence-corrected chi connectivity index (χ0v) is 9.80. The Morgan fingerprint density at radius 1 is 1.65 bits per heavy atom. The third-order valence-corrected chi connectivity index (χ3v) is 2.64. The number of hydrogen-bond acceptors (Lipinski definition) is 5. The van der Waals surface area contributed by atoms with E-state index in [4.69, 9.17) is 21.4 Å². The van der Waals surface area contributed by atoms with Crippen molar-refractivity contribution in [2.75, 3.05) is 24.6 Å². The topological polar surface area (TPSA) is 75.5 Å². The third kappa shape index (κ3) is 3.28. The molecule has 2 rings (SSSR count). The quantitative estimate of drug-likeness (QED) is 0.864. The molecule has 1 aliphatic heterocycles. The van der Waals surface area contributed by atoms with E-state index in [0.717, 1.165) is 0 Å². The van der Waals surface area contributed by atoms with Crippen LogP contribution in [0.4, 0.5) is 5.82 Å². The van der Waals surface area contributed by atoms with E-state index < -0.39 is 5.97 Å². The highest BCUT2D eigenvalue weighted by Gasteiger charge is 2.23. The van der Waals surface area contributed by atoms with Gasteiger partial charge >= 0.3 is 5.97 Å². The highest BCUT2D eigenvalue weighted by atomic mass is 35.5. The second-order valence-corrected chi connectivity index (χ2v) is 4.12. The van der Waals surface area contributed by atoms with Crippen LogP contribution < -0.4 is 4.90 Å². The van der Waals surface area contributed by atoms with E-state index in [2.05, 4.69) is 9.97 Å². The van der Waals surface area contributed by atoms with E-state index in [0.29, 0.717) is 30.7 Å². The van der Waals surface area contributed by atoms with Gasteiger partial charge in [-0.1, -0.05) is 11.6 Å². The fraction of sp³-hybridized carbons (Fsp3) is 0.500. The van der Waals surface area contributed by atoms with E-state index in [1.54, 1.807) is 6.20 Å². The first kappa shape index (κ1) is 12.1. The molecular formula is C10H12ClN3O3. The van der Waals surface area contributed by atoms with E-state index >= 15 is 0 Å². The molecule has 6 nitrogen and oxygen atoms in total. The number of carbonyl (C=O) groups is 1. The Hall–Kier alpha value is -1.40. The first-order valence-corrected chi connectivity index (χ1v) is 5.59. The van der Waals surface area contributed by atoms with E-state index in [-0.39, 0.29) is 12.5 Å². The number of hydrogen-bond donors (Lipinski definition) is 1. The Morgan fingerprint density at radius 2 is 2.47 bits per heavy atom. The van der Waals surface area contributed by atoms with Gasteiger partial charge in [-0.3, -0.25) is 9.78 Å². The predicted octanol–water partition coefficient (Wildman–Crippen LogP) is 0.810. The lowest BCUT2D eigenvalue weighted by molar-refractivity contribution is -0.140. The molecule has 1 unspecified atom stereocenters. The number of anilines is 1. The molecule has 0 aliphatic carbocycles. The molecule has 0 spiro atoms. The van der Waals surface area contributed by atoms with Crippen molar-refractivity contribution in [3.63, 3.8) is 0 Å². The van der Waals surface area contributed by atoms with E-state index in [1.165, 1.54) is 6.20 Å². The predicted molar refractivity (Wildman–Crippen MR) is 61.2 cm³/mol. The van der Waals surface area contributed by atoms with Crippen LogP contribution in [0.15, 0.2) is 12.4 Å². The lowest BCUT2D eigenvalue weighted by Crippen LogP contribution is -2.43. The van der Waals surface area contributed by atoms with Gasteiger partial charge in [-0.15, -0.1) is 0 Å². The number of rotatable bonds is 3. The summed E-state index contributed by atoms with van der Waals surface area (Å²) in [5, 5.41) is 9.04. The highest BCUT2D eigenvalue weighted by Crippen LogP contribution is 2.17. The maximum atomic E-state index is 10.6. The Kier molecular flexibility index (Phi) is 3.75. The Labute approximate surface area is 103 Å². The maximum Gasteiger partial charge on any atom is 0.306 e. The molecule has 1 aliphatic rings. The van der Waals surface area contributed by atoms with Crippen LogP contribution in [0, 0.1) is 0 Å². The minimum Gasteiger partial charge on any atom is -0.481 e. The number of ether oxygens (including phenoxy) is 1. The summed E-state index contributed by atoms with van der Waals surface area (Å²) in [7, 11) is 0. The van der Waals surface area contributed by atoms with Gasteiger partial charge < -0.3 is 14.7 Å². The molecule has 7 heteroatoms. The standard InChI is InChI=1S/C10H12ClN3O3/c11-8-4-12-5-9(13-8)14-1-2-17-7(6-14)3-10(15)16/h4-5,7H,1-3,6H2,(H,15,16). The van der Waals surface area contributed by atoms with Crippen LogP contribution in [-0.4, -0.2) is 46.8 Å². The summed E-state index contributed by atoms with van der Waals surface area (Å²) in [6.07, 6.45) is 2.74. The Morgan fingerprint density at radius 3 is 3.18 bits per heavy atom. The molecule has 1 aromatic rings. The smallest absolute Gasteiger partial charge is 0.306 e. The van der Waals surface area contributed by atoms with Gasteiger partial charge in [0.2, 0.25) is 0 Å². The number of carboxylic acid groups (broad SMARTS) is 1. The number of halogens is 1. The number of nitrogens with zero attached hydrogens (tertiary/aromatic N) is 3. The lowest BCUT2D eigenvalue weighted by Gasteiger charge is -2.32. The van der Waals surface area contributed by atoms with Crippen LogP contribution in [0.25, 0.3) is 0 Å². The van der Waals surface area contributed by atoms with Crippen LogP contribution in [0.2, 0.25) is 5.15 Å². The van der Waals surface area contributed by atoms with Crippen molar-refractivity contribution in [3.8, 4) is 0 Å². The van der Waals surface area contributed by atoms with Gasteiger partial charge in [-0.25, -0.2) is 4.98 Å². The lowest BCUT2D eigenvalue weighted by atomic mass is 10.2. The van der Waals surface area contributed by atoms with Gasteiger partial charge in [-0.2, -0.15) is 0 Å². The summed E-state index contributed by atoms with van der Waals surface area (Å²) in [5.41, 5.74) is 0. The second-order valence-electron chi connectivity index (χ2n) is 3.74. The maximum absolute atomic E-state index is 10.6. The van der Waals surface area contributed by atoms with Crippen LogP contribution in [-0.2, 0) is 9.53 Å². The normalized spacial score (nSPS) is 20.3. The molecule has 0 radical (unpaired) electrons. The molecule has 17 heavy (non-hydrogen) atoms. The largest absolute Gasteiger partial charge is 0.481 e. The van der Waals surface area contributed by atoms with Crippen molar-refractivity contribution in [3.05, 3.63) is 17.5 Å². The van der Waals surface area contributed by atoms with Crippen LogP contribution in [0.3, 0.4) is 0 Å². The second kappa shape index (κ2) is 5.29. The SMILES string of the molecule is O=C(O)CC1CN(c2cncc(Cl)n2)CCO1. The average molecular weight is 258 g/mol. The monoisotopic (exact) mass is 257 g/mol. The molecule has 92 valence electrons. The van der Waals surface area contributed by atoms with E-state index in [1.807, 2.05) is 4.90 Å². The van der Waals surface area contributed by atoms with Gasteiger partial charge in [0.15, 0.2) is 0 Å². The van der Waals surface area contributed by atoms with Crippen LogP contribution in [0.5, 0.6) is 0 Å². The van der Waals surface area contributed by atoms with Gasteiger partial charge in [0.05, 0.1) is 31.5 Å². The van der Waals surface area contributed by atoms with Crippen molar-refractivity contribution in [1.82, 2.24) is 9.97 Å². The summed E-state index contributed by atoms with van der Waals surface area (Å²) in [4.78, 5) is 20.6. The van der Waals surface area contributed by atoms with Crippen LogP contribution >= 0.6 is 11.6 Å². The minimum atomic E-state index is -0.867. The van der Waals surface area contributed by atoms with Gasteiger partial charge in [0.1, 0.15) is 11.0 Å². The molecular weight excluding hydrogens is 246 g/mol. The number of morpholine rings is 1. The molecule has 1 aromatic heterocycles. The van der Waals surface area contributed by atoms with Crippen molar-refractivity contribution in [2.45, 2.75) is 12.5 Å². The molecule has 1 saturated heterocycles. The zero-order valence-electron chi connectivity index (χ0n) is 9.04.